The van der Waals surface area contributed by atoms with E-state index in [1.165, 1.54) is 0 Å². The Kier molecular flexibility index (Phi) is 3.56. The van der Waals surface area contributed by atoms with E-state index in [2.05, 4.69) is 4.57 Å². The molecule has 5 heteroatoms. The van der Waals surface area contributed by atoms with Gasteiger partial charge in [-0.3, -0.25) is 4.79 Å². The second-order valence-corrected chi connectivity index (χ2v) is 5.56. The van der Waals surface area contributed by atoms with E-state index in [1.54, 1.807) is 14.2 Å². The molecule has 116 valence electrons. The Hall–Kier alpha value is -2.43. The molecule has 0 bridgehead atoms. The van der Waals surface area contributed by atoms with Crippen LogP contribution in [-0.2, 0) is 0 Å². The van der Waals surface area contributed by atoms with Gasteiger partial charge in [0.25, 0.3) is 5.91 Å². The lowest BCUT2D eigenvalue weighted by Gasteiger charge is -2.14. The van der Waals surface area contributed by atoms with Gasteiger partial charge in [0, 0.05) is 17.3 Å². The molecule has 1 fully saturated rings. The number of hydrogen-bond donors (Lipinski definition) is 1. The summed E-state index contributed by atoms with van der Waals surface area (Å²) in [4.78, 5) is 11.7. The highest BCUT2D eigenvalue weighted by Gasteiger charge is 2.30. The Morgan fingerprint density at radius 1 is 1.23 bits per heavy atom. The summed E-state index contributed by atoms with van der Waals surface area (Å²) in [5, 5.41) is 0. The molecule has 22 heavy (non-hydrogen) atoms. The van der Waals surface area contributed by atoms with Gasteiger partial charge in [0.2, 0.25) is 0 Å². The van der Waals surface area contributed by atoms with Crippen molar-refractivity contribution in [2.75, 3.05) is 14.2 Å². The maximum Gasteiger partial charge on any atom is 0.250 e. The van der Waals surface area contributed by atoms with Crippen LogP contribution in [0.2, 0.25) is 0 Å². The zero-order valence-electron chi connectivity index (χ0n) is 13.1. The largest absolute Gasteiger partial charge is 0.497 e. The van der Waals surface area contributed by atoms with Crippen LogP contribution < -0.4 is 15.2 Å². The zero-order valence-corrected chi connectivity index (χ0v) is 13.1. The standard InChI is InChI=1S/C17H20N2O3/c1-10-13(17(18)20)9-15(19(10)11-4-5-11)14-8-12(21-2)6-7-16(14)22-3/h6-9,11H,4-5H2,1-3H3,(H2,18,20). The molecule has 0 atom stereocenters. The molecule has 1 aliphatic carbocycles. The third kappa shape index (κ3) is 2.32. The minimum Gasteiger partial charge on any atom is -0.497 e. The van der Waals surface area contributed by atoms with Crippen LogP contribution in [0.15, 0.2) is 24.3 Å². The maximum absolute atomic E-state index is 11.7. The first-order chi connectivity index (χ1) is 10.6. The van der Waals surface area contributed by atoms with Gasteiger partial charge in [-0.25, -0.2) is 0 Å². The van der Waals surface area contributed by atoms with Crippen LogP contribution in [-0.4, -0.2) is 24.7 Å². The van der Waals surface area contributed by atoms with Gasteiger partial charge in [0.15, 0.2) is 0 Å². The molecule has 1 saturated carbocycles. The Morgan fingerprint density at radius 3 is 2.50 bits per heavy atom. The smallest absolute Gasteiger partial charge is 0.250 e. The fraction of sp³-hybridized carbons (Fsp3) is 0.353. The molecular weight excluding hydrogens is 280 g/mol. The van der Waals surface area contributed by atoms with E-state index in [0.29, 0.717) is 11.6 Å². The van der Waals surface area contributed by atoms with E-state index >= 15 is 0 Å². The summed E-state index contributed by atoms with van der Waals surface area (Å²) >= 11 is 0. The van der Waals surface area contributed by atoms with Crippen molar-refractivity contribution in [3.05, 3.63) is 35.5 Å². The monoisotopic (exact) mass is 300 g/mol. The Balaban J connectivity index is 2.23. The molecule has 2 N–H and O–H groups in total. The van der Waals surface area contributed by atoms with E-state index in [4.69, 9.17) is 15.2 Å². The van der Waals surface area contributed by atoms with Crippen LogP contribution in [0.5, 0.6) is 11.5 Å². The van der Waals surface area contributed by atoms with E-state index in [0.717, 1.165) is 41.3 Å². The third-order valence-corrected chi connectivity index (χ3v) is 4.15. The highest BCUT2D eigenvalue weighted by atomic mass is 16.5. The second kappa shape index (κ2) is 5.40. The Morgan fingerprint density at radius 2 is 1.95 bits per heavy atom. The van der Waals surface area contributed by atoms with Gasteiger partial charge in [-0.15, -0.1) is 0 Å². The van der Waals surface area contributed by atoms with Crippen molar-refractivity contribution in [3.63, 3.8) is 0 Å². The summed E-state index contributed by atoms with van der Waals surface area (Å²) < 4.78 is 13.0. The van der Waals surface area contributed by atoms with Gasteiger partial charge in [-0.2, -0.15) is 0 Å². The molecule has 1 aliphatic rings. The molecular formula is C17H20N2O3. The number of methoxy groups -OCH3 is 2. The number of benzene rings is 1. The van der Waals surface area contributed by atoms with Crippen LogP contribution in [0.1, 0.15) is 34.9 Å². The highest BCUT2D eigenvalue weighted by Crippen LogP contribution is 2.44. The lowest BCUT2D eigenvalue weighted by atomic mass is 10.1. The van der Waals surface area contributed by atoms with Crippen LogP contribution in [0, 0.1) is 6.92 Å². The Labute approximate surface area is 129 Å². The Bertz CT molecular complexity index is 730. The predicted octanol–water partition coefficient (Wildman–Crippen LogP) is 2.91. The highest BCUT2D eigenvalue weighted by molar-refractivity contribution is 5.96. The van der Waals surface area contributed by atoms with Gasteiger partial charge >= 0.3 is 0 Å². The fourth-order valence-electron chi connectivity index (χ4n) is 2.90. The van der Waals surface area contributed by atoms with Gasteiger partial charge in [0.05, 0.1) is 25.5 Å². The van der Waals surface area contributed by atoms with E-state index < -0.39 is 5.91 Å². The number of amides is 1. The molecule has 0 saturated heterocycles. The van der Waals surface area contributed by atoms with Crippen molar-refractivity contribution in [2.45, 2.75) is 25.8 Å². The number of primary amides is 1. The molecule has 0 aliphatic heterocycles. The molecule has 0 radical (unpaired) electrons. The average Bonchev–Trinajstić information content (AvgIpc) is 3.29. The minimum absolute atomic E-state index is 0.403. The first kappa shape index (κ1) is 14.5. The van der Waals surface area contributed by atoms with Crippen LogP contribution in [0.3, 0.4) is 0 Å². The SMILES string of the molecule is COc1ccc(OC)c(-c2cc(C(N)=O)c(C)n2C2CC2)c1. The molecule has 0 spiro atoms. The number of hydrogen-bond acceptors (Lipinski definition) is 3. The summed E-state index contributed by atoms with van der Waals surface area (Å²) in [6, 6.07) is 7.94. The molecule has 3 rings (SSSR count). The van der Waals surface area contributed by atoms with Crippen molar-refractivity contribution in [3.8, 4) is 22.8 Å². The van der Waals surface area contributed by atoms with Crippen molar-refractivity contribution >= 4 is 5.91 Å². The maximum atomic E-state index is 11.7. The minimum atomic E-state index is -0.403. The summed E-state index contributed by atoms with van der Waals surface area (Å²) in [7, 11) is 3.27. The molecule has 5 nitrogen and oxygen atoms in total. The van der Waals surface area contributed by atoms with Gasteiger partial charge in [-0.05, 0) is 44.0 Å². The number of nitrogens with two attached hydrogens (primary N) is 1. The molecule has 1 aromatic carbocycles. The molecule has 0 unspecified atom stereocenters. The van der Waals surface area contributed by atoms with Gasteiger partial charge in [0.1, 0.15) is 11.5 Å². The van der Waals surface area contributed by atoms with E-state index in [9.17, 15) is 4.79 Å². The summed E-state index contributed by atoms with van der Waals surface area (Å²) in [5.74, 6) is 1.09. The number of carbonyl (C=O) groups is 1. The van der Waals surface area contributed by atoms with E-state index in [-0.39, 0.29) is 0 Å². The summed E-state index contributed by atoms with van der Waals surface area (Å²) in [6.45, 7) is 1.94. The number of aromatic nitrogens is 1. The van der Waals surface area contributed by atoms with Crippen LogP contribution in [0.4, 0.5) is 0 Å². The zero-order chi connectivity index (χ0) is 15.9. The normalized spacial score (nSPS) is 14.0. The quantitative estimate of drug-likeness (QED) is 0.923. The van der Waals surface area contributed by atoms with Crippen LogP contribution >= 0.6 is 0 Å². The van der Waals surface area contributed by atoms with E-state index in [1.807, 2.05) is 31.2 Å². The fourth-order valence-corrected chi connectivity index (χ4v) is 2.90. The third-order valence-electron chi connectivity index (χ3n) is 4.15. The first-order valence-electron chi connectivity index (χ1n) is 7.30. The number of ether oxygens (including phenoxy) is 2. The molecule has 1 aromatic heterocycles. The van der Waals surface area contributed by atoms with Crippen molar-refractivity contribution in [2.24, 2.45) is 5.73 Å². The van der Waals surface area contributed by atoms with Crippen LogP contribution in [0.25, 0.3) is 11.3 Å². The summed E-state index contributed by atoms with van der Waals surface area (Å²) in [5.41, 5.74) is 8.84. The topological polar surface area (TPSA) is 66.5 Å². The van der Waals surface area contributed by atoms with Crippen molar-refractivity contribution < 1.29 is 14.3 Å². The predicted molar refractivity (Wildman–Crippen MR) is 84.5 cm³/mol. The summed E-state index contributed by atoms with van der Waals surface area (Å²) in [6.07, 6.45) is 2.24. The molecule has 1 heterocycles. The number of rotatable bonds is 5. The lowest BCUT2D eigenvalue weighted by Crippen LogP contribution is -2.12. The number of carbonyl (C=O) groups excluding carboxylic acids is 1. The lowest BCUT2D eigenvalue weighted by molar-refractivity contribution is 0.0999. The van der Waals surface area contributed by atoms with Crippen molar-refractivity contribution in [1.82, 2.24) is 4.57 Å². The van der Waals surface area contributed by atoms with Gasteiger partial charge < -0.3 is 19.8 Å². The average molecular weight is 300 g/mol. The molecule has 1 amide bonds. The van der Waals surface area contributed by atoms with Crippen molar-refractivity contribution in [1.29, 1.82) is 0 Å². The van der Waals surface area contributed by atoms with Gasteiger partial charge in [-0.1, -0.05) is 0 Å². The first-order valence-corrected chi connectivity index (χ1v) is 7.30. The number of nitrogens with zero attached hydrogens (tertiary/aromatic N) is 1. The second-order valence-electron chi connectivity index (χ2n) is 5.56. The molecule has 2 aromatic rings.